The SMILES string of the molecule is CCCN(CCC)C(=O)c1c(CC)nc2cc(C)ccn12. The minimum Gasteiger partial charge on any atom is -0.337 e. The largest absolute Gasteiger partial charge is 0.337 e. The highest BCUT2D eigenvalue weighted by Crippen LogP contribution is 2.17. The second kappa shape index (κ2) is 6.74. The predicted octanol–water partition coefficient (Wildman–Crippen LogP) is 3.47. The summed E-state index contributed by atoms with van der Waals surface area (Å²) in [5.74, 6) is 0.104. The summed E-state index contributed by atoms with van der Waals surface area (Å²) in [5, 5.41) is 0. The number of imidazole rings is 1. The number of pyridine rings is 1. The molecule has 0 atom stereocenters. The van der Waals surface area contributed by atoms with Crippen molar-refractivity contribution in [1.82, 2.24) is 14.3 Å². The van der Waals surface area contributed by atoms with Crippen LogP contribution in [0.4, 0.5) is 0 Å². The fourth-order valence-electron chi connectivity index (χ4n) is 2.67. The van der Waals surface area contributed by atoms with E-state index < -0.39 is 0 Å². The fourth-order valence-corrected chi connectivity index (χ4v) is 2.67. The number of fused-ring (bicyclic) bond motifs is 1. The smallest absolute Gasteiger partial charge is 0.272 e. The van der Waals surface area contributed by atoms with Crippen molar-refractivity contribution in [3.63, 3.8) is 0 Å². The Bertz CT molecular complexity index is 624. The van der Waals surface area contributed by atoms with E-state index in [2.05, 4.69) is 25.8 Å². The molecule has 0 radical (unpaired) electrons. The summed E-state index contributed by atoms with van der Waals surface area (Å²) < 4.78 is 1.94. The Balaban J connectivity index is 2.50. The molecule has 0 N–H and O–H groups in total. The highest BCUT2D eigenvalue weighted by atomic mass is 16.2. The highest BCUT2D eigenvalue weighted by Gasteiger charge is 2.22. The van der Waals surface area contributed by atoms with Gasteiger partial charge in [-0.1, -0.05) is 20.8 Å². The molecule has 4 nitrogen and oxygen atoms in total. The molecule has 21 heavy (non-hydrogen) atoms. The molecule has 0 fully saturated rings. The van der Waals surface area contributed by atoms with E-state index in [1.807, 2.05) is 34.6 Å². The van der Waals surface area contributed by atoms with Gasteiger partial charge < -0.3 is 4.90 Å². The molecule has 0 unspecified atom stereocenters. The lowest BCUT2D eigenvalue weighted by Crippen LogP contribution is -2.33. The molecule has 2 aromatic rings. The molecule has 0 bridgehead atoms. The number of rotatable bonds is 6. The summed E-state index contributed by atoms with van der Waals surface area (Å²) in [4.78, 5) is 19.5. The summed E-state index contributed by atoms with van der Waals surface area (Å²) in [5.41, 5.74) is 3.65. The van der Waals surface area contributed by atoms with Crippen LogP contribution in [0.3, 0.4) is 0 Å². The van der Waals surface area contributed by atoms with Gasteiger partial charge in [-0.2, -0.15) is 0 Å². The third kappa shape index (κ3) is 3.09. The van der Waals surface area contributed by atoms with Crippen LogP contribution < -0.4 is 0 Å². The van der Waals surface area contributed by atoms with Crippen molar-refractivity contribution < 1.29 is 4.79 Å². The van der Waals surface area contributed by atoms with Crippen LogP contribution in [0.2, 0.25) is 0 Å². The van der Waals surface area contributed by atoms with Crippen LogP contribution in [-0.2, 0) is 6.42 Å². The maximum absolute atomic E-state index is 12.9. The molecule has 1 amide bonds. The first-order chi connectivity index (χ1) is 10.1. The van der Waals surface area contributed by atoms with E-state index in [4.69, 9.17) is 0 Å². The highest BCUT2D eigenvalue weighted by molar-refractivity contribution is 5.94. The Morgan fingerprint density at radius 3 is 2.48 bits per heavy atom. The fraction of sp³-hybridized carbons (Fsp3) is 0.529. The standard InChI is InChI=1S/C17H25N3O/c1-5-9-19(10-6-2)17(21)16-14(7-3)18-15-12-13(4)8-11-20(15)16/h8,11-12H,5-7,9-10H2,1-4H3. The van der Waals surface area contributed by atoms with Crippen LogP contribution in [0.5, 0.6) is 0 Å². The number of aromatic nitrogens is 2. The first-order valence-electron chi connectivity index (χ1n) is 7.89. The molecule has 0 saturated carbocycles. The van der Waals surface area contributed by atoms with Gasteiger partial charge in [0.05, 0.1) is 5.69 Å². The third-order valence-electron chi connectivity index (χ3n) is 3.67. The minimum absolute atomic E-state index is 0.104. The molecule has 0 aliphatic carbocycles. The number of amides is 1. The van der Waals surface area contributed by atoms with E-state index in [0.717, 1.165) is 55.0 Å². The van der Waals surface area contributed by atoms with Gasteiger partial charge in [-0.3, -0.25) is 9.20 Å². The van der Waals surface area contributed by atoms with E-state index >= 15 is 0 Å². The Morgan fingerprint density at radius 2 is 1.90 bits per heavy atom. The maximum Gasteiger partial charge on any atom is 0.272 e. The first-order valence-corrected chi connectivity index (χ1v) is 7.89. The van der Waals surface area contributed by atoms with Crippen molar-refractivity contribution in [3.8, 4) is 0 Å². The molecule has 4 heteroatoms. The Labute approximate surface area is 126 Å². The average Bonchev–Trinajstić information content (AvgIpc) is 2.83. The van der Waals surface area contributed by atoms with Gasteiger partial charge in [0.25, 0.3) is 5.91 Å². The number of carbonyl (C=O) groups excluding carboxylic acids is 1. The molecule has 0 spiro atoms. The van der Waals surface area contributed by atoms with Crippen molar-refractivity contribution in [1.29, 1.82) is 0 Å². The van der Waals surface area contributed by atoms with Crippen molar-refractivity contribution >= 4 is 11.6 Å². The van der Waals surface area contributed by atoms with E-state index in [9.17, 15) is 4.79 Å². The average molecular weight is 287 g/mol. The van der Waals surface area contributed by atoms with Crippen molar-refractivity contribution in [2.75, 3.05) is 13.1 Å². The Kier molecular flexibility index (Phi) is 4.99. The molecular formula is C17H25N3O. The molecule has 0 aliphatic rings. The quantitative estimate of drug-likeness (QED) is 0.816. The first kappa shape index (κ1) is 15.5. The molecule has 0 aromatic carbocycles. The van der Waals surface area contributed by atoms with Crippen LogP contribution in [0, 0.1) is 6.92 Å². The number of carbonyl (C=O) groups is 1. The maximum atomic E-state index is 12.9. The Morgan fingerprint density at radius 1 is 1.24 bits per heavy atom. The predicted molar refractivity (Wildman–Crippen MR) is 85.8 cm³/mol. The number of nitrogens with zero attached hydrogens (tertiary/aromatic N) is 3. The van der Waals surface area contributed by atoms with Crippen molar-refractivity contribution in [2.45, 2.75) is 47.0 Å². The van der Waals surface area contributed by atoms with Gasteiger partial charge in [-0.25, -0.2) is 4.98 Å². The lowest BCUT2D eigenvalue weighted by Gasteiger charge is -2.21. The molecule has 0 saturated heterocycles. The third-order valence-corrected chi connectivity index (χ3v) is 3.67. The lowest BCUT2D eigenvalue weighted by atomic mass is 10.2. The van der Waals surface area contributed by atoms with Gasteiger partial charge in [-0.05, 0) is 43.9 Å². The van der Waals surface area contributed by atoms with Gasteiger partial charge in [0.1, 0.15) is 11.3 Å². The summed E-state index contributed by atoms with van der Waals surface area (Å²) in [6.45, 7) is 9.91. The van der Waals surface area contributed by atoms with Crippen LogP contribution in [-0.4, -0.2) is 33.3 Å². The van der Waals surface area contributed by atoms with Crippen LogP contribution in [0.15, 0.2) is 18.3 Å². The number of aryl methyl sites for hydroxylation is 2. The zero-order chi connectivity index (χ0) is 15.4. The van der Waals surface area contributed by atoms with Gasteiger partial charge in [0.15, 0.2) is 0 Å². The molecule has 2 rings (SSSR count). The van der Waals surface area contributed by atoms with E-state index in [-0.39, 0.29) is 5.91 Å². The van der Waals surface area contributed by atoms with Crippen LogP contribution in [0.1, 0.15) is 55.4 Å². The van der Waals surface area contributed by atoms with Gasteiger partial charge >= 0.3 is 0 Å². The topological polar surface area (TPSA) is 37.6 Å². The summed E-state index contributed by atoms with van der Waals surface area (Å²) in [6.07, 6.45) is 4.68. The zero-order valence-electron chi connectivity index (χ0n) is 13.5. The molecule has 114 valence electrons. The van der Waals surface area contributed by atoms with E-state index in [0.29, 0.717) is 0 Å². The number of hydrogen-bond donors (Lipinski definition) is 0. The van der Waals surface area contributed by atoms with E-state index in [1.54, 1.807) is 0 Å². The monoisotopic (exact) mass is 287 g/mol. The molecular weight excluding hydrogens is 262 g/mol. The summed E-state index contributed by atoms with van der Waals surface area (Å²) >= 11 is 0. The normalized spacial score (nSPS) is 11.0. The van der Waals surface area contributed by atoms with Crippen LogP contribution in [0.25, 0.3) is 5.65 Å². The van der Waals surface area contributed by atoms with Gasteiger partial charge in [-0.15, -0.1) is 0 Å². The van der Waals surface area contributed by atoms with Crippen molar-refractivity contribution in [3.05, 3.63) is 35.3 Å². The van der Waals surface area contributed by atoms with Crippen LogP contribution >= 0.6 is 0 Å². The van der Waals surface area contributed by atoms with E-state index in [1.165, 1.54) is 0 Å². The molecule has 0 aliphatic heterocycles. The summed E-state index contributed by atoms with van der Waals surface area (Å²) in [7, 11) is 0. The molecule has 2 aromatic heterocycles. The second-order valence-electron chi connectivity index (χ2n) is 5.49. The summed E-state index contributed by atoms with van der Waals surface area (Å²) in [6, 6.07) is 4.05. The van der Waals surface area contributed by atoms with Gasteiger partial charge in [0.2, 0.25) is 0 Å². The van der Waals surface area contributed by atoms with Gasteiger partial charge in [0, 0.05) is 19.3 Å². The Hall–Kier alpha value is -1.84. The van der Waals surface area contributed by atoms with Crippen molar-refractivity contribution in [2.24, 2.45) is 0 Å². The second-order valence-corrected chi connectivity index (χ2v) is 5.49. The zero-order valence-corrected chi connectivity index (χ0v) is 13.5. The lowest BCUT2D eigenvalue weighted by molar-refractivity contribution is 0.0747. The number of hydrogen-bond acceptors (Lipinski definition) is 2. The molecule has 2 heterocycles. The minimum atomic E-state index is 0.104.